The van der Waals surface area contributed by atoms with Crippen LogP contribution in [-0.4, -0.2) is 45.7 Å². The van der Waals surface area contributed by atoms with Gasteiger partial charge in [-0.25, -0.2) is 4.98 Å². The quantitative estimate of drug-likeness (QED) is 0.773. The molecule has 0 aliphatic carbocycles. The maximum Gasteiger partial charge on any atom is 0.272 e. The van der Waals surface area contributed by atoms with Crippen molar-refractivity contribution in [1.29, 1.82) is 0 Å². The summed E-state index contributed by atoms with van der Waals surface area (Å²) in [4.78, 5) is 19.3. The summed E-state index contributed by atoms with van der Waals surface area (Å²) in [5, 5.41) is 8.73. The Kier molecular flexibility index (Phi) is 3.71. The van der Waals surface area contributed by atoms with Crippen molar-refractivity contribution in [2.24, 2.45) is 0 Å². The van der Waals surface area contributed by atoms with Crippen LogP contribution in [0.15, 0.2) is 36.4 Å². The van der Waals surface area contributed by atoms with E-state index in [4.69, 9.17) is 4.74 Å². The number of amides is 1. The van der Waals surface area contributed by atoms with Crippen molar-refractivity contribution in [2.75, 3.05) is 19.7 Å². The SMILES string of the molecule is O=C(c1ccc2ccccc2n1)N1CCC(c2n[nH]c3c2COCC3)C1. The summed E-state index contributed by atoms with van der Waals surface area (Å²) in [5.74, 6) is 0.264. The van der Waals surface area contributed by atoms with E-state index in [1.165, 1.54) is 11.3 Å². The molecule has 1 fully saturated rings. The van der Waals surface area contributed by atoms with Gasteiger partial charge in [0, 0.05) is 42.1 Å². The van der Waals surface area contributed by atoms with Crippen LogP contribution >= 0.6 is 0 Å². The van der Waals surface area contributed by atoms with Crippen molar-refractivity contribution < 1.29 is 9.53 Å². The molecule has 1 unspecified atom stereocenters. The minimum absolute atomic E-state index is 0.00101. The Morgan fingerprint density at radius 3 is 3.12 bits per heavy atom. The number of likely N-dealkylation sites (tertiary alicyclic amines) is 1. The second-order valence-corrected chi connectivity index (χ2v) is 6.99. The molecule has 1 saturated heterocycles. The van der Waals surface area contributed by atoms with Crippen LogP contribution in [0, 0.1) is 0 Å². The molecular formula is C20H20N4O2. The average molecular weight is 348 g/mol. The molecular weight excluding hydrogens is 328 g/mol. The Bertz CT molecular complexity index is 981. The van der Waals surface area contributed by atoms with Gasteiger partial charge in [-0.3, -0.25) is 9.89 Å². The molecule has 0 bridgehead atoms. The number of para-hydroxylation sites is 1. The number of aromatic amines is 1. The minimum atomic E-state index is -0.00101. The average Bonchev–Trinajstić information content (AvgIpc) is 3.34. The first-order valence-corrected chi connectivity index (χ1v) is 9.08. The molecule has 3 aromatic rings. The first-order chi connectivity index (χ1) is 12.8. The predicted molar refractivity (Wildman–Crippen MR) is 97.0 cm³/mol. The normalized spacial score (nSPS) is 19.7. The van der Waals surface area contributed by atoms with Gasteiger partial charge in [0.2, 0.25) is 0 Å². The number of nitrogens with zero attached hydrogens (tertiary/aromatic N) is 3. The molecule has 0 spiro atoms. The Labute approximate surface area is 151 Å². The highest BCUT2D eigenvalue weighted by molar-refractivity contribution is 5.95. The van der Waals surface area contributed by atoms with Crippen LogP contribution in [-0.2, 0) is 17.8 Å². The molecule has 1 aromatic carbocycles. The maximum absolute atomic E-state index is 12.9. The third kappa shape index (κ3) is 2.57. The lowest BCUT2D eigenvalue weighted by Gasteiger charge is -2.17. The summed E-state index contributed by atoms with van der Waals surface area (Å²) in [6, 6.07) is 11.6. The zero-order chi connectivity index (χ0) is 17.5. The second kappa shape index (κ2) is 6.21. The highest BCUT2D eigenvalue weighted by Crippen LogP contribution is 2.32. The largest absolute Gasteiger partial charge is 0.376 e. The first-order valence-electron chi connectivity index (χ1n) is 9.08. The smallest absolute Gasteiger partial charge is 0.272 e. The number of rotatable bonds is 2. The minimum Gasteiger partial charge on any atom is -0.376 e. The Morgan fingerprint density at radius 1 is 1.23 bits per heavy atom. The molecule has 2 aliphatic heterocycles. The molecule has 1 amide bonds. The fourth-order valence-corrected chi connectivity index (χ4v) is 3.99. The van der Waals surface area contributed by atoms with Gasteiger partial charge in [-0.15, -0.1) is 0 Å². The van der Waals surface area contributed by atoms with Crippen LogP contribution in [0.2, 0.25) is 0 Å². The molecule has 1 N–H and O–H groups in total. The van der Waals surface area contributed by atoms with Crippen LogP contribution in [0.25, 0.3) is 10.9 Å². The Morgan fingerprint density at radius 2 is 2.15 bits per heavy atom. The molecule has 6 heteroatoms. The van der Waals surface area contributed by atoms with E-state index in [-0.39, 0.29) is 11.8 Å². The van der Waals surface area contributed by atoms with Crippen molar-refractivity contribution in [3.8, 4) is 0 Å². The number of fused-ring (bicyclic) bond motifs is 2. The summed E-state index contributed by atoms with van der Waals surface area (Å²) in [5.41, 5.74) is 4.82. The number of hydrogen-bond acceptors (Lipinski definition) is 4. The number of pyridine rings is 1. The lowest BCUT2D eigenvalue weighted by molar-refractivity contribution is 0.0785. The van der Waals surface area contributed by atoms with E-state index in [1.807, 2.05) is 41.3 Å². The summed E-state index contributed by atoms with van der Waals surface area (Å²) >= 11 is 0. The van der Waals surface area contributed by atoms with Gasteiger partial charge in [0.1, 0.15) is 5.69 Å². The molecule has 2 aromatic heterocycles. The third-order valence-corrected chi connectivity index (χ3v) is 5.41. The van der Waals surface area contributed by atoms with E-state index in [9.17, 15) is 4.79 Å². The zero-order valence-corrected chi connectivity index (χ0v) is 14.4. The number of hydrogen-bond donors (Lipinski definition) is 1. The van der Waals surface area contributed by atoms with E-state index in [1.54, 1.807) is 0 Å². The molecule has 0 radical (unpaired) electrons. The Balaban J connectivity index is 1.36. The van der Waals surface area contributed by atoms with Crippen LogP contribution in [0.5, 0.6) is 0 Å². The third-order valence-electron chi connectivity index (χ3n) is 5.41. The molecule has 1 atom stereocenters. The van der Waals surface area contributed by atoms with E-state index in [2.05, 4.69) is 15.2 Å². The number of H-pyrrole nitrogens is 1. The summed E-state index contributed by atoms with van der Waals surface area (Å²) in [7, 11) is 0. The van der Waals surface area contributed by atoms with Crippen LogP contribution in [0.1, 0.15) is 39.8 Å². The van der Waals surface area contributed by atoms with Crippen molar-refractivity contribution in [1.82, 2.24) is 20.1 Å². The molecule has 2 aliphatic rings. The zero-order valence-electron chi connectivity index (χ0n) is 14.4. The molecule has 0 saturated carbocycles. The van der Waals surface area contributed by atoms with Crippen molar-refractivity contribution in [2.45, 2.75) is 25.4 Å². The molecule has 5 rings (SSSR count). The monoisotopic (exact) mass is 348 g/mol. The van der Waals surface area contributed by atoms with Gasteiger partial charge in [-0.05, 0) is 18.6 Å². The van der Waals surface area contributed by atoms with Gasteiger partial charge in [0.25, 0.3) is 5.91 Å². The number of nitrogens with one attached hydrogen (secondary N) is 1. The van der Waals surface area contributed by atoms with Crippen molar-refractivity contribution in [3.05, 3.63) is 59.0 Å². The standard InChI is InChI=1S/C20H20N4O2/c25-20(18-6-5-13-3-1-2-4-16(13)21-18)24-9-7-14(11-24)19-15-12-26-10-8-17(15)22-23-19/h1-6,14H,7-12H2,(H,22,23). The van der Waals surface area contributed by atoms with E-state index in [0.29, 0.717) is 18.8 Å². The highest BCUT2D eigenvalue weighted by atomic mass is 16.5. The van der Waals surface area contributed by atoms with Crippen molar-refractivity contribution in [3.63, 3.8) is 0 Å². The van der Waals surface area contributed by atoms with Crippen LogP contribution in [0.4, 0.5) is 0 Å². The van der Waals surface area contributed by atoms with E-state index >= 15 is 0 Å². The van der Waals surface area contributed by atoms with Gasteiger partial charge in [0.15, 0.2) is 0 Å². The number of carbonyl (C=O) groups is 1. The molecule has 6 nitrogen and oxygen atoms in total. The lowest BCUT2D eigenvalue weighted by atomic mass is 9.98. The number of benzene rings is 1. The molecule has 132 valence electrons. The summed E-state index contributed by atoms with van der Waals surface area (Å²) in [6.07, 6.45) is 1.81. The fourth-order valence-electron chi connectivity index (χ4n) is 3.99. The second-order valence-electron chi connectivity index (χ2n) is 6.99. The highest BCUT2D eigenvalue weighted by Gasteiger charge is 2.32. The number of aromatic nitrogens is 3. The van der Waals surface area contributed by atoms with Gasteiger partial charge in [0.05, 0.1) is 24.4 Å². The molecule has 26 heavy (non-hydrogen) atoms. The van der Waals surface area contributed by atoms with Gasteiger partial charge < -0.3 is 9.64 Å². The van der Waals surface area contributed by atoms with Gasteiger partial charge in [-0.2, -0.15) is 5.10 Å². The predicted octanol–water partition coefficient (Wildman–Crippen LogP) is 2.66. The summed E-state index contributed by atoms with van der Waals surface area (Å²) < 4.78 is 5.59. The van der Waals surface area contributed by atoms with E-state index < -0.39 is 0 Å². The van der Waals surface area contributed by atoms with Crippen molar-refractivity contribution >= 4 is 16.8 Å². The van der Waals surface area contributed by atoms with Crippen LogP contribution in [0.3, 0.4) is 0 Å². The first kappa shape index (κ1) is 15.5. The molecule has 4 heterocycles. The van der Waals surface area contributed by atoms with Gasteiger partial charge in [-0.1, -0.05) is 24.3 Å². The fraction of sp³-hybridized carbons (Fsp3) is 0.350. The number of carbonyl (C=O) groups excluding carboxylic acids is 1. The van der Waals surface area contributed by atoms with Gasteiger partial charge >= 0.3 is 0 Å². The summed E-state index contributed by atoms with van der Waals surface area (Å²) in [6.45, 7) is 2.79. The Hall–Kier alpha value is -2.73. The topological polar surface area (TPSA) is 71.1 Å². The number of ether oxygens (including phenoxy) is 1. The van der Waals surface area contributed by atoms with E-state index in [0.717, 1.165) is 42.6 Å². The maximum atomic E-state index is 12.9. The van der Waals surface area contributed by atoms with Crippen LogP contribution < -0.4 is 0 Å². The lowest BCUT2D eigenvalue weighted by Crippen LogP contribution is -2.29.